The minimum atomic E-state index is -0.507. The lowest BCUT2D eigenvalue weighted by Gasteiger charge is -2.34. The first-order valence-corrected chi connectivity index (χ1v) is 9.47. The van der Waals surface area contributed by atoms with Crippen LogP contribution in [0.5, 0.6) is 5.75 Å². The van der Waals surface area contributed by atoms with Crippen LogP contribution in [0.4, 0.5) is 10.5 Å². The van der Waals surface area contributed by atoms with Crippen molar-refractivity contribution in [2.75, 3.05) is 51.2 Å². The molecule has 7 heteroatoms. The standard InChI is InChI=1S/C21H26N4O3/c26-20(23-21(27)22-18-7-3-1-4-8-18)17-25-13-11-24(12-14-25)15-16-28-19-9-5-2-6-10-19/h1-10H,11-17H2,(H2,22,23,26,27). The van der Waals surface area contributed by atoms with Crippen molar-refractivity contribution in [2.24, 2.45) is 0 Å². The zero-order valence-electron chi connectivity index (χ0n) is 15.8. The van der Waals surface area contributed by atoms with E-state index in [9.17, 15) is 9.59 Å². The number of carbonyl (C=O) groups excluding carboxylic acids is 2. The maximum atomic E-state index is 12.1. The molecule has 0 radical (unpaired) electrons. The smallest absolute Gasteiger partial charge is 0.325 e. The summed E-state index contributed by atoms with van der Waals surface area (Å²) in [6.45, 7) is 5.05. The largest absolute Gasteiger partial charge is 0.492 e. The molecule has 0 saturated carbocycles. The average Bonchev–Trinajstić information content (AvgIpc) is 2.71. The molecule has 1 fully saturated rings. The van der Waals surface area contributed by atoms with E-state index in [2.05, 4.69) is 20.4 Å². The van der Waals surface area contributed by atoms with Crippen LogP contribution >= 0.6 is 0 Å². The molecule has 2 N–H and O–H groups in total. The molecule has 28 heavy (non-hydrogen) atoms. The number of rotatable bonds is 7. The van der Waals surface area contributed by atoms with Crippen LogP contribution in [0.25, 0.3) is 0 Å². The molecule has 148 valence electrons. The Kier molecular flexibility index (Phi) is 7.40. The number of benzene rings is 2. The van der Waals surface area contributed by atoms with Crippen LogP contribution in [0.15, 0.2) is 60.7 Å². The van der Waals surface area contributed by atoms with E-state index in [0.29, 0.717) is 12.3 Å². The molecule has 0 unspecified atom stereocenters. The zero-order chi connectivity index (χ0) is 19.6. The van der Waals surface area contributed by atoms with Gasteiger partial charge in [0.05, 0.1) is 6.54 Å². The molecule has 3 amide bonds. The Bertz CT molecular complexity index is 747. The summed E-state index contributed by atoms with van der Waals surface area (Å²) in [6.07, 6.45) is 0. The van der Waals surface area contributed by atoms with E-state index >= 15 is 0 Å². The lowest BCUT2D eigenvalue weighted by atomic mass is 10.3. The van der Waals surface area contributed by atoms with Crippen molar-refractivity contribution >= 4 is 17.6 Å². The molecule has 0 aromatic heterocycles. The quantitative estimate of drug-likeness (QED) is 0.767. The van der Waals surface area contributed by atoms with Gasteiger partial charge in [-0.05, 0) is 24.3 Å². The van der Waals surface area contributed by atoms with Crippen molar-refractivity contribution in [1.29, 1.82) is 0 Å². The van der Waals surface area contributed by atoms with Crippen LogP contribution < -0.4 is 15.4 Å². The number of hydrogen-bond donors (Lipinski definition) is 2. The lowest BCUT2D eigenvalue weighted by molar-refractivity contribution is -0.121. The Balaban J connectivity index is 1.30. The summed E-state index contributed by atoms with van der Waals surface area (Å²) in [5.74, 6) is 0.584. The van der Waals surface area contributed by atoms with Crippen molar-refractivity contribution in [2.45, 2.75) is 0 Å². The van der Waals surface area contributed by atoms with Gasteiger partial charge in [0.25, 0.3) is 0 Å². The van der Waals surface area contributed by atoms with Crippen molar-refractivity contribution in [3.05, 3.63) is 60.7 Å². The third-order valence-corrected chi connectivity index (χ3v) is 4.54. The molecule has 7 nitrogen and oxygen atoms in total. The first-order valence-electron chi connectivity index (χ1n) is 9.47. The number of ether oxygens (including phenoxy) is 1. The Morgan fingerprint density at radius 1 is 0.857 bits per heavy atom. The van der Waals surface area contributed by atoms with E-state index in [4.69, 9.17) is 4.74 Å². The molecule has 0 spiro atoms. The number of nitrogens with one attached hydrogen (secondary N) is 2. The molecule has 0 bridgehead atoms. The highest BCUT2D eigenvalue weighted by molar-refractivity contribution is 6.01. The van der Waals surface area contributed by atoms with Crippen molar-refractivity contribution in [3.8, 4) is 5.75 Å². The highest BCUT2D eigenvalue weighted by Crippen LogP contribution is 2.09. The number of carbonyl (C=O) groups is 2. The van der Waals surface area contributed by atoms with Gasteiger partial charge in [-0.15, -0.1) is 0 Å². The van der Waals surface area contributed by atoms with E-state index in [0.717, 1.165) is 38.5 Å². The Morgan fingerprint density at radius 2 is 1.46 bits per heavy atom. The second kappa shape index (κ2) is 10.4. The Morgan fingerprint density at radius 3 is 2.14 bits per heavy atom. The van der Waals surface area contributed by atoms with Crippen molar-refractivity contribution in [1.82, 2.24) is 15.1 Å². The van der Waals surface area contributed by atoms with Crippen LogP contribution in [0.2, 0.25) is 0 Å². The van der Waals surface area contributed by atoms with Gasteiger partial charge in [0.15, 0.2) is 0 Å². The molecule has 0 aliphatic carbocycles. The third kappa shape index (κ3) is 6.68. The first kappa shape index (κ1) is 19.9. The minimum Gasteiger partial charge on any atom is -0.492 e. The normalized spacial score (nSPS) is 15.0. The second-order valence-corrected chi connectivity index (χ2v) is 6.65. The van der Waals surface area contributed by atoms with Gasteiger partial charge in [-0.2, -0.15) is 0 Å². The van der Waals surface area contributed by atoms with E-state index in [1.54, 1.807) is 12.1 Å². The summed E-state index contributed by atoms with van der Waals surface area (Å²) in [5.41, 5.74) is 0.652. The number of imide groups is 1. The fourth-order valence-electron chi connectivity index (χ4n) is 3.03. The number of urea groups is 1. The monoisotopic (exact) mass is 382 g/mol. The number of hydrogen-bond acceptors (Lipinski definition) is 5. The SMILES string of the molecule is O=C(CN1CCN(CCOc2ccccc2)CC1)NC(=O)Nc1ccccc1. The number of anilines is 1. The third-order valence-electron chi connectivity index (χ3n) is 4.54. The maximum Gasteiger partial charge on any atom is 0.325 e. The highest BCUT2D eigenvalue weighted by Gasteiger charge is 2.19. The summed E-state index contributed by atoms with van der Waals surface area (Å²) in [7, 11) is 0. The van der Waals surface area contributed by atoms with Crippen molar-refractivity contribution in [3.63, 3.8) is 0 Å². The zero-order valence-corrected chi connectivity index (χ0v) is 15.8. The van der Waals surface area contributed by atoms with Crippen LogP contribution in [0.1, 0.15) is 0 Å². The summed E-state index contributed by atoms with van der Waals surface area (Å²) >= 11 is 0. The summed E-state index contributed by atoms with van der Waals surface area (Å²) in [4.78, 5) is 28.3. The first-order chi connectivity index (χ1) is 13.7. The molecule has 1 aliphatic heterocycles. The van der Waals surface area contributed by atoms with Crippen LogP contribution in [-0.2, 0) is 4.79 Å². The van der Waals surface area contributed by atoms with Crippen molar-refractivity contribution < 1.29 is 14.3 Å². The fourth-order valence-corrected chi connectivity index (χ4v) is 3.03. The molecule has 2 aromatic rings. The average molecular weight is 382 g/mol. The van der Waals surface area contributed by atoms with E-state index in [-0.39, 0.29) is 12.5 Å². The molecule has 1 aliphatic rings. The van der Waals surface area contributed by atoms with E-state index < -0.39 is 6.03 Å². The van der Waals surface area contributed by atoms with Gasteiger partial charge in [0.2, 0.25) is 5.91 Å². The van der Waals surface area contributed by atoms with E-state index in [1.807, 2.05) is 48.5 Å². The van der Waals surface area contributed by atoms with Gasteiger partial charge in [0.1, 0.15) is 12.4 Å². The molecule has 0 atom stereocenters. The highest BCUT2D eigenvalue weighted by atomic mass is 16.5. The number of amides is 3. The number of para-hydroxylation sites is 2. The predicted molar refractivity (Wildman–Crippen MR) is 108 cm³/mol. The maximum absolute atomic E-state index is 12.1. The van der Waals surface area contributed by atoms with Gasteiger partial charge in [-0.25, -0.2) is 4.79 Å². The number of nitrogens with zero attached hydrogens (tertiary/aromatic N) is 2. The minimum absolute atomic E-state index is 0.219. The van der Waals surface area contributed by atoms with E-state index in [1.165, 1.54) is 0 Å². The molecule has 1 saturated heterocycles. The lowest BCUT2D eigenvalue weighted by Crippen LogP contribution is -2.51. The van der Waals surface area contributed by atoms with Crippen LogP contribution in [-0.4, -0.2) is 67.6 Å². The summed E-state index contributed by atoms with van der Waals surface area (Å²) in [6, 6.07) is 18.3. The van der Waals surface area contributed by atoms with Gasteiger partial charge in [0, 0.05) is 38.4 Å². The van der Waals surface area contributed by atoms with Crippen LogP contribution in [0, 0.1) is 0 Å². The second-order valence-electron chi connectivity index (χ2n) is 6.65. The summed E-state index contributed by atoms with van der Waals surface area (Å²) < 4.78 is 5.73. The molecule has 3 rings (SSSR count). The van der Waals surface area contributed by atoms with Crippen LogP contribution in [0.3, 0.4) is 0 Å². The Hall–Kier alpha value is -2.90. The van der Waals surface area contributed by atoms with Gasteiger partial charge in [-0.3, -0.25) is 19.9 Å². The predicted octanol–water partition coefficient (Wildman–Crippen LogP) is 2.03. The van der Waals surface area contributed by atoms with Gasteiger partial charge >= 0.3 is 6.03 Å². The molecule has 1 heterocycles. The molecule has 2 aromatic carbocycles. The summed E-state index contributed by atoms with van der Waals surface area (Å²) in [5, 5.41) is 5.02. The Labute approximate surface area is 165 Å². The van der Waals surface area contributed by atoms with Gasteiger partial charge in [-0.1, -0.05) is 36.4 Å². The molecular weight excluding hydrogens is 356 g/mol. The fraction of sp³-hybridized carbons (Fsp3) is 0.333. The van der Waals surface area contributed by atoms with Gasteiger partial charge < -0.3 is 10.1 Å². The molecular formula is C21H26N4O3. The number of piperazine rings is 1. The topological polar surface area (TPSA) is 73.9 Å².